The number of carbonyl (C=O) groups excluding carboxylic acids is 2. The lowest BCUT2D eigenvalue weighted by Gasteiger charge is -2.10. The molecule has 30 heavy (non-hydrogen) atoms. The number of nitrogens with one attached hydrogen (secondary N) is 1. The average molecular weight is 459 g/mol. The number of hydrogen-bond acceptors (Lipinski definition) is 5. The van der Waals surface area contributed by atoms with Crippen molar-refractivity contribution in [3.05, 3.63) is 76.2 Å². The third-order valence-corrected chi connectivity index (χ3v) is 5.95. The van der Waals surface area contributed by atoms with Gasteiger partial charge in [0.25, 0.3) is 11.8 Å². The summed E-state index contributed by atoms with van der Waals surface area (Å²) in [6.07, 6.45) is 3.39. The maximum absolute atomic E-state index is 12.4. The fourth-order valence-electron chi connectivity index (χ4n) is 2.65. The van der Waals surface area contributed by atoms with Gasteiger partial charge in [-0.3, -0.25) is 14.5 Å². The Morgan fingerprint density at radius 2 is 2.13 bits per heavy atom. The second-order valence-electron chi connectivity index (χ2n) is 6.45. The molecule has 0 bridgehead atoms. The molecule has 2 aromatic carbocycles. The van der Waals surface area contributed by atoms with E-state index in [1.165, 1.54) is 16.7 Å². The van der Waals surface area contributed by atoms with E-state index in [2.05, 4.69) is 11.9 Å². The molecule has 0 spiro atoms. The van der Waals surface area contributed by atoms with E-state index < -0.39 is 0 Å². The van der Waals surface area contributed by atoms with Gasteiger partial charge in [0, 0.05) is 17.3 Å². The molecule has 1 N–H and O–H groups in total. The predicted molar refractivity (Wildman–Crippen MR) is 127 cm³/mol. The first kappa shape index (κ1) is 22.1. The van der Waals surface area contributed by atoms with Crippen molar-refractivity contribution in [3.8, 4) is 5.75 Å². The van der Waals surface area contributed by atoms with E-state index in [1.807, 2.05) is 19.1 Å². The highest BCUT2D eigenvalue weighted by Crippen LogP contribution is 2.32. The largest absolute Gasteiger partial charge is 0.484 e. The lowest BCUT2D eigenvalue weighted by Crippen LogP contribution is -2.27. The minimum atomic E-state index is -0.300. The van der Waals surface area contributed by atoms with Crippen molar-refractivity contribution in [3.63, 3.8) is 0 Å². The monoisotopic (exact) mass is 458 g/mol. The molecule has 1 fully saturated rings. The molecule has 0 saturated carbocycles. The summed E-state index contributed by atoms with van der Waals surface area (Å²) in [7, 11) is 0. The number of anilines is 1. The SMILES string of the molecule is C=CCN1C(=O)/C(=C/c2cccc(OCC(=O)Nc3ccc(C)c(Cl)c3)c2)SC1=S. The standard InChI is InChI=1S/C22H19ClN2O3S2/c1-3-9-25-21(27)19(30-22(25)29)11-15-5-4-6-17(10-15)28-13-20(26)24-16-8-7-14(2)18(23)12-16/h3-8,10-12H,1,9,13H2,2H3,(H,24,26)/b19-11-. The number of thiocarbonyl (C=S) groups is 1. The Morgan fingerprint density at radius 3 is 2.87 bits per heavy atom. The summed E-state index contributed by atoms with van der Waals surface area (Å²) in [6.45, 7) is 5.76. The van der Waals surface area contributed by atoms with Gasteiger partial charge in [0.05, 0.1) is 4.91 Å². The smallest absolute Gasteiger partial charge is 0.266 e. The molecule has 154 valence electrons. The van der Waals surface area contributed by atoms with E-state index in [-0.39, 0.29) is 18.4 Å². The summed E-state index contributed by atoms with van der Waals surface area (Å²) in [6, 6.07) is 12.5. The molecule has 8 heteroatoms. The molecule has 2 aromatic rings. The Labute approximate surface area is 189 Å². The van der Waals surface area contributed by atoms with Crippen molar-refractivity contribution in [2.24, 2.45) is 0 Å². The molecule has 1 aliphatic heterocycles. The van der Waals surface area contributed by atoms with Crippen LogP contribution < -0.4 is 10.1 Å². The molecule has 0 aliphatic carbocycles. The van der Waals surface area contributed by atoms with Gasteiger partial charge >= 0.3 is 0 Å². The van der Waals surface area contributed by atoms with Gasteiger partial charge in [0.1, 0.15) is 10.1 Å². The van der Waals surface area contributed by atoms with Crippen molar-refractivity contribution >= 4 is 63.5 Å². The molecule has 0 radical (unpaired) electrons. The Hall–Kier alpha value is -2.61. The van der Waals surface area contributed by atoms with Crippen LogP contribution in [0.15, 0.2) is 60.0 Å². The van der Waals surface area contributed by atoms with Gasteiger partial charge in [-0.15, -0.1) is 6.58 Å². The van der Waals surface area contributed by atoms with Crippen LogP contribution in [0.3, 0.4) is 0 Å². The Kier molecular flexibility index (Phi) is 7.31. The van der Waals surface area contributed by atoms with Crippen LogP contribution in [0.2, 0.25) is 5.02 Å². The summed E-state index contributed by atoms with van der Waals surface area (Å²) in [5.41, 5.74) is 2.32. The number of halogens is 1. The Bertz CT molecular complexity index is 1050. The van der Waals surface area contributed by atoms with Gasteiger partial charge in [0.2, 0.25) is 0 Å². The summed E-state index contributed by atoms with van der Waals surface area (Å²) in [5, 5.41) is 3.33. The number of thioether (sulfide) groups is 1. The number of rotatable bonds is 7. The van der Waals surface area contributed by atoms with Crippen LogP contribution in [-0.4, -0.2) is 34.2 Å². The van der Waals surface area contributed by atoms with Crippen LogP contribution in [-0.2, 0) is 9.59 Å². The zero-order chi connectivity index (χ0) is 21.7. The van der Waals surface area contributed by atoms with Crippen LogP contribution in [0.5, 0.6) is 5.75 Å². The molecule has 3 rings (SSSR count). The molecular weight excluding hydrogens is 440 g/mol. The van der Waals surface area contributed by atoms with Crippen LogP contribution >= 0.6 is 35.6 Å². The molecule has 1 saturated heterocycles. The highest BCUT2D eigenvalue weighted by atomic mass is 35.5. The van der Waals surface area contributed by atoms with E-state index in [0.29, 0.717) is 32.2 Å². The van der Waals surface area contributed by atoms with Crippen molar-refractivity contribution in [1.82, 2.24) is 4.90 Å². The number of ether oxygens (including phenoxy) is 1. The van der Waals surface area contributed by atoms with Gasteiger partial charge in [-0.25, -0.2) is 0 Å². The van der Waals surface area contributed by atoms with E-state index in [9.17, 15) is 9.59 Å². The third-order valence-electron chi connectivity index (χ3n) is 4.17. The minimum Gasteiger partial charge on any atom is -0.484 e. The van der Waals surface area contributed by atoms with Gasteiger partial charge in [-0.1, -0.05) is 59.9 Å². The van der Waals surface area contributed by atoms with Gasteiger partial charge in [0.15, 0.2) is 6.61 Å². The van der Waals surface area contributed by atoms with Crippen LogP contribution in [0.1, 0.15) is 11.1 Å². The van der Waals surface area contributed by atoms with Crippen molar-refractivity contribution in [2.75, 3.05) is 18.5 Å². The molecule has 0 aromatic heterocycles. The predicted octanol–water partition coefficient (Wildman–Crippen LogP) is 5.05. The molecule has 2 amide bonds. The maximum Gasteiger partial charge on any atom is 0.266 e. The summed E-state index contributed by atoms with van der Waals surface area (Å²) < 4.78 is 6.10. The zero-order valence-electron chi connectivity index (χ0n) is 16.2. The van der Waals surface area contributed by atoms with Crippen LogP contribution in [0, 0.1) is 6.92 Å². The van der Waals surface area contributed by atoms with Gasteiger partial charge in [-0.2, -0.15) is 0 Å². The number of hydrogen-bond donors (Lipinski definition) is 1. The lowest BCUT2D eigenvalue weighted by atomic mass is 10.2. The third kappa shape index (κ3) is 5.50. The number of carbonyl (C=O) groups is 2. The molecule has 1 heterocycles. The van der Waals surface area contributed by atoms with E-state index in [4.69, 9.17) is 28.6 Å². The van der Waals surface area contributed by atoms with Crippen molar-refractivity contribution in [1.29, 1.82) is 0 Å². The second-order valence-corrected chi connectivity index (χ2v) is 8.54. The van der Waals surface area contributed by atoms with Crippen LogP contribution in [0.4, 0.5) is 5.69 Å². The first-order valence-corrected chi connectivity index (χ1v) is 10.6. The first-order chi connectivity index (χ1) is 14.4. The zero-order valence-corrected chi connectivity index (χ0v) is 18.6. The molecular formula is C22H19ClN2O3S2. The summed E-state index contributed by atoms with van der Waals surface area (Å²) >= 11 is 12.6. The lowest BCUT2D eigenvalue weighted by molar-refractivity contribution is -0.121. The number of amides is 2. The highest BCUT2D eigenvalue weighted by molar-refractivity contribution is 8.26. The highest BCUT2D eigenvalue weighted by Gasteiger charge is 2.30. The number of benzene rings is 2. The fraction of sp³-hybridized carbons (Fsp3) is 0.136. The number of nitrogens with zero attached hydrogens (tertiary/aromatic N) is 1. The topological polar surface area (TPSA) is 58.6 Å². The minimum absolute atomic E-state index is 0.146. The van der Waals surface area contributed by atoms with Crippen molar-refractivity contribution < 1.29 is 14.3 Å². The molecule has 5 nitrogen and oxygen atoms in total. The number of aryl methyl sites for hydroxylation is 1. The van der Waals surface area contributed by atoms with Gasteiger partial charge in [-0.05, 0) is 48.4 Å². The Balaban J connectivity index is 1.62. The van der Waals surface area contributed by atoms with Crippen molar-refractivity contribution in [2.45, 2.75) is 6.92 Å². The molecule has 0 unspecified atom stereocenters. The van der Waals surface area contributed by atoms with E-state index in [0.717, 1.165) is 11.1 Å². The molecule has 0 atom stereocenters. The maximum atomic E-state index is 12.4. The second kappa shape index (κ2) is 9.93. The quantitative estimate of drug-likeness (QED) is 0.357. The van der Waals surface area contributed by atoms with E-state index >= 15 is 0 Å². The summed E-state index contributed by atoms with van der Waals surface area (Å²) in [5.74, 6) is 0.0698. The van der Waals surface area contributed by atoms with Crippen LogP contribution in [0.25, 0.3) is 6.08 Å². The normalized spacial score (nSPS) is 14.9. The average Bonchev–Trinajstić information content (AvgIpc) is 2.97. The molecule has 1 aliphatic rings. The summed E-state index contributed by atoms with van der Waals surface area (Å²) in [4.78, 5) is 26.6. The first-order valence-electron chi connectivity index (χ1n) is 9.02. The van der Waals surface area contributed by atoms with E-state index in [1.54, 1.807) is 42.5 Å². The van der Waals surface area contributed by atoms with Gasteiger partial charge < -0.3 is 10.1 Å². The Morgan fingerprint density at radius 1 is 1.33 bits per heavy atom. The fourth-order valence-corrected chi connectivity index (χ4v) is 4.10.